The number of fused-ring (bicyclic) bond motifs is 1. The van der Waals surface area contributed by atoms with E-state index >= 15 is 0 Å². The van der Waals surface area contributed by atoms with Crippen LogP contribution in [0.5, 0.6) is 5.75 Å². The quantitative estimate of drug-likeness (QED) is 0.856. The number of benzene rings is 2. The SMILES string of the molecule is CC(=O)N1c2ccccc2C(C)(c2ccc(O)cc2)CC1(C)C. The molecule has 120 valence electrons. The first-order chi connectivity index (χ1) is 10.8. The monoisotopic (exact) mass is 309 g/mol. The highest BCUT2D eigenvalue weighted by atomic mass is 16.3. The van der Waals surface area contributed by atoms with E-state index < -0.39 is 0 Å². The molecule has 0 fully saturated rings. The third kappa shape index (κ3) is 2.40. The molecule has 0 spiro atoms. The van der Waals surface area contributed by atoms with Crippen LogP contribution in [0, 0.1) is 0 Å². The molecular weight excluding hydrogens is 286 g/mol. The average Bonchev–Trinajstić information content (AvgIpc) is 2.46. The number of aromatic hydroxyl groups is 1. The maximum Gasteiger partial charge on any atom is 0.224 e. The van der Waals surface area contributed by atoms with E-state index in [1.165, 1.54) is 0 Å². The van der Waals surface area contributed by atoms with Crippen molar-refractivity contribution in [1.29, 1.82) is 0 Å². The molecule has 1 N–H and O–H groups in total. The van der Waals surface area contributed by atoms with Crippen LogP contribution in [0.3, 0.4) is 0 Å². The standard InChI is InChI=1S/C20H23NO2/c1-14(22)21-18-8-6-5-7-17(18)20(4,13-19(21,2)3)15-9-11-16(23)12-10-15/h5-12,23H,13H2,1-4H3. The minimum Gasteiger partial charge on any atom is -0.508 e. The Kier molecular flexibility index (Phi) is 3.47. The van der Waals surface area contributed by atoms with Crippen LogP contribution in [0.4, 0.5) is 5.69 Å². The van der Waals surface area contributed by atoms with E-state index in [4.69, 9.17) is 0 Å². The summed E-state index contributed by atoms with van der Waals surface area (Å²) in [6.45, 7) is 8.07. The number of amides is 1. The molecule has 0 aliphatic carbocycles. The van der Waals surface area contributed by atoms with Gasteiger partial charge in [-0.05, 0) is 49.6 Å². The second-order valence-electron chi connectivity index (χ2n) is 7.24. The normalized spacial score (nSPS) is 22.5. The lowest BCUT2D eigenvalue weighted by molar-refractivity contribution is -0.117. The van der Waals surface area contributed by atoms with Crippen LogP contribution in [0.25, 0.3) is 0 Å². The summed E-state index contributed by atoms with van der Waals surface area (Å²) in [5, 5.41) is 9.60. The van der Waals surface area contributed by atoms with Crippen LogP contribution in [0.1, 0.15) is 45.2 Å². The zero-order chi connectivity index (χ0) is 16.8. The number of anilines is 1. The fourth-order valence-electron chi connectivity index (χ4n) is 4.18. The largest absolute Gasteiger partial charge is 0.508 e. The third-order valence-corrected chi connectivity index (χ3v) is 4.95. The topological polar surface area (TPSA) is 40.5 Å². The van der Waals surface area contributed by atoms with Gasteiger partial charge in [0.15, 0.2) is 0 Å². The number of rotatable bonds is 1. The summed E-state index contributed by atoms with van der Waals surface area (Å²) in [5.74, 6) is 0.335. The number of phenolic OH excluding ortho intramolecular Hbond substituents is 1. The molecule has 0 saturated carbocycles. The zero-order valence-electron chi connectivity index (χ0n) is 14.1. The summed E-state index contributed by atoms with van der Waals surface area (Å²) >= 11 is 0. The van der Waals surface area contributed by atoms with Crippen LogP contribution in [-0.2, 0) is 10.2 Å². The van der Waals surface area contributed by atoms with Crippen LogP contribution in [0.15, 0.2) is 48.5 Å². The first-order valence-electron chi connectivity index (χ1n) is 7.95. The molecule has 1 aliphatic heterocycles. The lowest BCUT2D eigenvalue weighted by Crippen LogP contribution is -2.55. The van der Waals surface area contributed by atoms with Crippen molar-refractivity contribution < 1.29 is 9.90 Å². The van der Waals surface area contributed by atoms with Gasteiger partial charge in [-0.2, -0.15) is 0 Å². The minimum absolute atomic E-state index is 0.0650. The van der Waals surface area contributed by atoms with Gasteiger partial charge in [0.1, 0.15) is 5.75 Å². The van der Waals surface area contributed by atoms with E-state index in [2.05, 4.69) is 26.8 Å². The summed E-state index contributed by atoms with van der Waals surface area (Å²) in [5.41, 5.74) is 2.79. The summed E-state index contributed by atoms with van der Waals surface area (Å²) in [6.07, 6.45) is 0.821. The Morgan fingerprint density at radius 2 is 1.65 bits per heavy atom. The molecule has 3 heteroatoms. The van der Waals surface area contributed by atoms with Gasteiger partial charge in [0.05, 0.1) is 0 Å². The average molecular weight is 309 g/mol. The molecule has 0 radical (unpaired) electrons. The van der Waals surface area contributed by atoms with Crippen molar-refractivity contribution in [2.45, 2.75) is 45.1 Å². The zero-order valence-corrected chi connectivity index (χ0v) is 14.1. The number of nitrogens with zero attached hydrogens (tertiary/aromatic N) is 1. The highest BCUT2D eigenvalue weighted by molar-refractivity contribution is 5.95. The Labute approximate surface area is 137 Å². The molecule has 1 amide bonds. The van der Waals surface area contributed by atoms with Crippen molar-refractivity contribution >= 4 is 11.6 Å². The van der Waals surface area contributed by atoms with Crippen molar-refractivity contribution in [2.24, 2.45) is 0 Å². The first kappa shape index (κ1) is 15.6. The number of phenols is 1. The highest BCUT2D eigenvalue weighted by Gasteiger charge is 2.46. The second kappa shape index (κ2) is 5.12. The number of carbonyl (C=O) groups excluding carboxylic acids is 1. The van der Waals surface area contributed by atoms with E-state index in [1.807, 2.05) is 35.2 Å². The lowest BCUT2D eigenvalue weighted by Gasteiger charge is -2.51. The van der Waals surface area contributed by atoms with Crippen molar-refractivity contribution in [3.63, 3.8) is 0 Å². The highest BCUT2D eigenvalue weighted by Crippen LogP contribution is 2.50. The third-order valence-electron chi connectivity index (χ3n) is 4.95. The predicted octanol–water partition coefficient (Wildman–Crippen LogP) is 4.23. The summed E-state index contributed by atoms with van der Waals surface area (Å²) < 4.78 is 0. The molecule has 2 aromatic carbocycles. The summed E-state index contributed by atoms with van der Waals surface area (Å²) in [6, 6.07) is 15.5. The molecule has 23 heavy (non-hydrogen) atoms. The van der Waals surface area contributed by atoms with E-state index in [1.54, 1.807) is 19.1 Å². The molecule has 3 nitrogen and oxygen atoms in total. The van der Waals surface area contributed by atoms with Gasteiger partial charge < -0.3 is 10.0 Å². The Bertz CT molecular complexity index is 748. The van der Waals surface area contributed by atoms with Crippen molar-refractivity contribution in [1.82, 2.24) is 0 Å². The minimum atomic E-state index is -0.285. The van der Waals surface area contributed by atoms with E-state index in [0.717, 1.165) is 23.2 Å². The van der Waals surface area contributed by atoms with Crippen molar-refractivity contribution in [3.05, 3.63) is 59.7 Å². The molecular formula is C20H23NO2. The van der Waals surface area contributed by atoms with Gasteiger partial charge in [-0.1, -0.05) is 37.3 Å². The summed E-state index contributed by atoms with van der Waals surface area (Å²) in [4.78, 5) is 14.2. The van der Waals surface area contributed by atoms with Gasteiger partial charge in [-0.25, -0.2) is 0 Å². The maximum atomic E-state index is 12.3. The number of para-hydroxylation sites is 1. The fraction of sp³-hybridized carbons (Fsp3) is 0.350. The second-order valence-corrected chi connectivity index (χ2v) is 7.24. The van der Waals surface area contributed by atoms with E-state index in [9.17, 15) is 9.90 Å². The molecule has 3 rings (SSSR count). The predicted molar refractivity (Wildman–Crippen MR) is 92.9 cm³/mol. The van der Waals surface area contributed by atoms with Gasteiger partial charge in [-0.15, -0.1) is 0 Å². The van der Waals surface area contributed by atoms with Gasteiger partial charge in [0, 0.05) is 23.6 Å². The van der Waals surface area contributed by atoms with Gasteiger partial charge in [-0.3, -0.25) is 4.79 Å². The molecule has 2 aromatic rings. The Hall–Kier alpha value is -2.29. The van der Waals surface area contributed by atoms with E-state index in [-0.39, 0.29) is 22.6 Å². The fourth-order valence-corrected chi connectivity index (χ4v) is 4.18. The molecule has 0 saturated heterocycles. The number of carbonyl (C=O) groups is 1. The van der Waals surface area contributed by atoms with Crippen LogP contribution in [-0.4, -0.2) is 16.6 Å². The number of hydrogen-bond acceptors (Lipinski definition) is 2. The Morgan fingerprint density at radius 1 is 1.04 bits per heavy atom. The molecule has 1 aliphatic rings. The summed E-state index contributed by atoms with van der Waals surface area (Å²) in [7, 11) is 0. The van der Waals surface area contributed by atoms with Gasteiger partial charge in [0.25, 0.3) is 0 Å². The molecule has 1 heterocycles. The molecule has 1 atom stereocenters. The van der Waals surface area contributed by atoms with Crippen molar-refractivity contribution in [3.8, 4) is 5.75 Å². The first-order valence-corrected chi connectivity index (χ1v) is 7.95. The molecule has 0 bridgehead atoms. The Morgan fingerprint density at radius 3 is 2.26 bits per heavy atom. The maximum absolute atomic E-state index is 12.3. The van der Waals surface area contributed by atoms with Crippen LogP contribution < -0.4 is 4.90 Å². The lowest BCUT2D eigenvalue weighted by atomic mass is 9.65. The Balaban J connectivity index is 2.25. The van der Waals surface area contributed by atoms with Crippen LogP contribution >= 0.6 is 0 Å². The van der Waals surface area contributed by atoms with Gasteiger partial charge >= 0.3 is 0 Å². The van der Waals surface area contributed by atoms with Gasteiger partial charge in [0.2, 0.25) is 5.91 Å². The van der Waals surface area contributed by atoms with Crippen molar-refractivity contribution in [2.75, 3.05) is 4.90 Å². The smallest absolute Gasteiger partial charge is 0.224 e. The molecule has 0 aromatic heterocycles. The molecule has 1 unspecified atom stereocenters. The van der Waals surface area contributed by atoms with Crippen LogP contribution in [0.2, 0.25) is 0 Å². The number of hydrogen-bond donors (Lipinski definition) is 1. The van der Waals surface area contributed by atoms with E-state index in [0.29, 0.717) is 0 Å².